The number of carboxylic acids is 2. The Hall–Kier alpha value is -1.14. The number of hydrogen-bond acceptors (Lipinski definition) is 4. The van der Waals surface area contributed by atoms with E-state index in [0.29, 0.717) is 25.9 Å². The van der Waals surface area contributed by atoms with Crippen LogP contribution >= 0.6 is 0 Å². The molecule has 0 fully saturated rings. The third kappa shape index (κ3) is 9.17. The van der Waals surface area contributed by atoms with Gasteiger partial charge in [0, 0.05) is 19.0 Å². The highest BCUT2D eigenvalue weighted by Crippen LogP contribution is 2.01. The van der Waals surface area contributed by atoms with Crippen molar-refractivity contribution < 1.29 is 19.8 Å². The minimum atomic E-state index is -0.868. The third-order valence-corrected chi connectivity index (χ3v) is 1.99. The monoisotopic (exact) mass is 218 g/mol. The fourth-order valence-corrected chi connectivity index (χ4v) is 1.23. The van der Waals surface area contributed by atoms with E-state index in [1.54, 1.807) is 0 Å². The standard InChI is InChI=1S/C9H18N2O4/c10-5-3-7(1-2-8(12)13)11-6-4-9(14)15/h7,11H,1-6,10H2,(H,12,13)(H,14,15). The molecular weight excluding hydrogens is 200 g/mol. The number of nitrogens with one attached hydrogen (secondary N) is 1. The average Bonchev–Trinajstić information content (AvgIpc) is 2.13. The molecule has 0 aromatic heterocycles. The number of carbonyl (C=O) groups is 2. The van der Waals surface area contributed by atoms with Crippen LogP contribution in [0.4, 0.5) is 0 Å². The van der Waals surface area contributed by atoms with Crippen molar-refractivity contribution >= 4 is 11.9 Å². The maximum absolute atomic E-state index is 10.3. The molecule has 0 aliphatic heterocycles. The van der Waals surface area contributed by atoms with Crippen molar-refractivity contribution in [1.29, 1.82) is 0 Å². The molecule has 1 atom stereocenters. The lowest BCUT2D eigenvalue weighted by atomic mass is 10.1. The number of rotatable bonds is 9. The molecule has 88 valence electrons. The van der Waals surface area contributed by atoms with Gasteiger partial charge in [-0.1, -0.05) is 0 Å². The van der Waals surface area contributed by atoms with Crippen LogP contribution in [0.5, 0.6) is 0 Å². The molecule has 0 rings (SSSR count). The van der Waals surface area contributed by atoms with Gasteiger partial charge in [-0.15, -0.1) is 0 Å². The Labute approximate surface area is 88.5 Å². The summed E-state index contributed by atoms with van der Waals surface area (Å²) in [6.45, 7) is 0.810. The van der Waals surface area contributed by atoms with Gasteiger partial charge >= 0.3 is 11.9 Å². The molecule has 0 aliphatic rings. The minimum Gasteiger partial charge on any atom is -0.481 e. The third-order valence-electron chi connectivity index (χ3n) is 1.99. The van der Waals surface area contributed by atoms with E-state index >= 15 is 0 Å². The Morgan fingerprint density at radius 2 is 1.73 bits per heavy atom. The van der Waals surface area contributed by atoms with Crippen LogP contribution in [-0.2, 0) is 9.59 Å². The van der Waals surface area contributed by atoms with Crippen molar-refractivity contribution in [3.05, 3.63) is 0 Å². The maximum Gasteiger partial charge on any atom is 0.304 e. The first-order chi connectivity index (χ1) is 7.06. The van der Waals surface area contributed by atoms with E-state index in [1.807, 2.05) is 0 Å². The molecule has 5 N–H and O–H groups in total. The normalized spacial score (nSPS) is 12.3. The van der Waals surface area contributed by atoms with E-state index in [0.717, 1.165) is 0 Å². The molecule has 0 aromatic carbocycles. The van der Waals surface area contributed by atoms with Gasteiger partial charge in [-0.3, -0.25) is 9.59 Å². The molecule has 0 spiro atoms. The summed E-state index contributed by atoms with van der Waals surface area (Å²) in [4.78, 5) is 20.6. The molecule has 15 heavy (non-hydrogen) atoms. The zero-order chi connectivity index (χ0) is 11.7. The van der Waals surface area contributed by atoms with Crippen molar-refractivity contribution in [2.24, 2.45) is 5.73 Å². The molecule has 0 saturated heterocycles. The summed E-state index contributed by atoms with van der Waals surface area (Å²) in [6.07, 6.45) is 1.25. The molecule has 0 radical (unpaired) electrons. The van der Waals surface area contributed by atoms with Crippen molar-refractivity contribution in [2.75, 3.05) is 13.1 Å². The van der Waals surface area contributed by atoms with Crippen molar-refractivity contribution in [3.63, 3.8) is 0 Å². The second kappa shape index (κ2) is 8.19. The lowest BCUT2D eigenvalue weighted by Gasteiger charge is -2.16. The molecular formula is C9H18N2O4. The van der Waals surface area contributed by atoms with E-state index in [1.165, 1.54) is 0 Å². The Bertz CT molecular complexity index is 208. The summed E-state index contributed by atoms with van der Waals surface area (Å²) in [5.41, 5.74) is 5.36. The van der Waals surface area contributed by atoms with Crippen LogP contribution in [0.3, 0.4) is 0 Å². The predicted octanol–water partition coefficient (Wildman–Crippen LogP) is -0.367. The molecule has 0 heterocycles. The summed E-state index contributed by atoms with van der Waals surface area (Å²) in [5, 5.41) is 19.9. The summed E-state index contributed by atoms with van der Waals surface area (Å²) in [5.74, 6) is -1.72. The van der Waals surface area contributed by atoms with Crippen molar-refractivity contribution in [2.45, 2.75) is 31.7 Å². The second-order valence-electron chi connectivity index (χ2n) is 3.30. The summed E-state index contributed by atoms with van der Waals surface area (Å²) in [6, 6.07) is -0.00884. The summed E-state index contributed by atoms with van der Waals surface area (Å²) in [7, 11) is 0. The van der Waals surface area contributed by atoms with Gasteiger partial charge in [0.05, 0.1) is 6.42 Å². The highest BCUT2D eigenvalue weighted by Gasteiger charge is 2.09. The van der Waals surface area contributed by atoms with Crippen LogP contribution < -0.4 is 11.1 Å². The second-order valence-corrected chi connectivity index (χ2v) is 3.30. The van der Waals surface area contributed by atoms with Gasteiger partial charge in [0.25, 0.3) is 0 Å². The van der Waals surface area contributed by atoms with Gasteiger partial charge in [0.2, 0.25) is 0 Å². The number of hydrogen-bond donors (Lipinski definition) is 4. The number of aliphatic carboxylic acids is 2. The number of carboxylic acid groups (broad SMARTS) is 2. The minimum absolute atomic E-state index is 0.00884. The largest absolute Gasteiger partial charge is 0.481 e. The lowest BCUT2D eigenvalue weighted by Crippen LogP contribution is -2.33. The van der Waals surface area contributed by atoms with E-state index in [2.05, 4.69) is 5.32 Å². The maximum atomic E-state index is 10.3. The van der Waals surface area contributed by atoms with Crippen molar-refractivity contribution in [3.8, 4) is 0 Å². The highest BCUT2D eigenvalue weighted by molar-refractivity contribution is 5.67. The zero-order valence-electron chi connectivity index (χ0n) is 8.61. The first-order valence-electron chi connectivity index (χ1n) is 4.93. The lowest BCUT2D eigenvalue weighted by molar-refractivity contribution is -0.138. The Kier molecular flexibility index (Phi) is 7.57. The molecule has 1 unspecified atom stereocenters. The Morgan fingerprint density at radius 1 is 1.13 bits per heavy atom. The van der Waals surface area contributed by atoms with Gasteiger partial charge in [-0.2, -0.15) is 0 Å². The molecule has 6 nitrogen and oxygen atoms in total. The Morgan fingerprint density at radius 3 is 2.20 bits per heavy atom. The van der Waals surface area contributed by atoms with E-state index in [-0.39, 0.29) is 18.9 Å². The van der Waals surface area contributed by atoms with Crippen LogP contribution in [0.2, 0.25) is 0 Å². The first-order valence-corrected chi connectivity index (χ1v) is 4.93. The molecule has 0 aromatic rings. The van der Waals surface area contributed by atoms with E-state index < -0.39 is 11.9 Å². The van der Waals surface area contributed by atoms with Crippen LogP contribution in [-0.4, -0.2) is 41.3 Å². The van der Waals surface area contributed by atoms with Gasteiger partial charge in [0.15, 0.2) is 0 Å². The molecule has 0 saturated carbocycles. The summed E-state index contributed by atoms with van der Waals surface area (Å²) < 4.78 is 0. The molecule has 0 aliphatic carbocycles. The van der Waals surface area contributed by atoms with Crippen molar-refractivity contribution in [1.82, 2.24) is 5.32 Å². The first kappa shape index (κ1) is 13.9. The van der Waals surface area contributed by atoms with Crippen LogP contribution in [0.1, 0.15) is 25.7 Å². The quantitative estimate of drug-likeness (QED) is 0.420. The van der Waals surface area contributed by atoms with E-state index in [9.17, 15) is 9.59 Å². The molecule has 6 heteroatoms. The van der Waals surface area contributed by atoms with Crippen LogP contribution in [0, 0.1) is 0 Å². The fourth-order valence-electron chi connectivity index (χ4n) is 1.23. The van der Waals surface area contributed by atoms with Gasteiger partial charge < -0.3 is 21.3 Å². The topological polar surface area (TPSA) is 113 Å². The smallest absolute Gasteiger partial charge is 0.304 e. The predicted molar refractivity (Wildman–Crippen MR) is 54.6 cm³/mol. The molecule has 0 amide bonds. The molecule has 0 bridgehead atoms. The van der Waals surface area contributed by atoms with Crippen LogP contribution in [0.15, 0.2) is 0 Å². The fraction of sp³-hybridized carbons (Fsp3) is 0.778. The van der Waals surface area contributed by atoms with Gasteiger partial charge in [0.1, 0.15) is 0 Å². The van der Waals surface area contributed by atoms with Crippen LogP contribution in [0.25, 0.3) is 0 Å². The SMILES string of the molecule is NCCC(CCC(=O)O)NCCC(=O)O. The highest BCUT2D eigenvalue weighted by atomic mass is 16.4. The zero-order valence-corrected chi connectivity index (χ0v) is 8.61. The summed E-state index contributed by atoms with van der Waals surface area (Å²) >= 11 is 0. The average molecular weight is 218 g/mol. The van der Waals surface area contributed by atoms with E-state index in [4.69, 9.17) is 15.9 Å². The number of nitrogens with two attached hydrogens (primary N) is 1. The Balaban J connectivity index is 3.71. The van der Waals surface area contributed by atoms with Gasteiger partial charge in [-0.25, -0.2) is 0 Å². The van der Waals surface area contributed by atoms with Gasteiger partial charge in [-0.05, 0) is 19.4 Å².